The standard InChI is InChI=1S/C15H14ClF2N/c1-2-15(10-4-3-5-11(17)8-10)19-12-6-7-13(16)14(18)9-12/h3-9,15,19H,2H2,1H3. The second-order valence-electron chi connectivity index (χ2n) is 4.29. The van der Waals surface area contributed by atoms with Gasteiger partial charge in [-0.1, -0.05) is 30.7 Å². The second-order valence-corrected chi connectivity index (χ2v) is 4.70. The van der Waals surface area contributed by atoms with Crippen molar-refractivity contribution >= 4 is 17.3 Å². The zero-order valence-electron chi connectivity index (χ0n) is 10.5. The first-order valence-corrected chi connectivity index (χ1v) is 6.45. The molecule has 0 heterocycles. The predicted molar refractivity (Wildman–Crippen MR) is 74.5 cm³/mol. The second kappa shape index (κ2) is 6.02. The van der Waals surface area contributed by atoms with E-state index in [0.29, 0.717) is 5.69 Å². The number of anilines is 1. The van der Waals surface area contributed by atoms with Crippen molar-refractivity contribution in [2.75, 3.05) is 5.32 Å². The third kappa shape index (κ3) is 3.44. The van der Waals surface area contributed by atoms with Crippen LogP contribution in [0.1, 0.15) is 24.9 Å². The van der Waals surface area contributed by atoms with E-state index >= 15 is 0 Å². The lowest BCUT2D eigenvalue weighted by Crippen LogP contribution is -2.10. The SMILES string of the molecule is CCC(Nc1ccc(Cl)c(F)c1)c1cccc(F)c1. The quantitative estimate of drug-likeness (QED) is 0.814. The summed E-state index contributed by atoms with van der Waals surface area (Å²) in [6, 6.07) is 10.9. The molecule has 0 saturated heterocycles. The first-order chi connectivity index (χ1) is 9.10. The minimum atomic E-state index is -0.472. The van der Waals surface area contributed by atoms with Crippen LogP contribution < -0.4 is 5.32 Å². The molecule has 19 heavy (non-hydrogen) atoms. The van der Waals surface area contributed by atoms with Crippen molar-refractivity contribution in [2.45, 2.75) is 19.4 Å². The smallest absolute Gasteiger partial charge is 0.143 e. The number of hydrogen-bond donors (Lipinski definition) is 1. The zero-order chi connectivity index (χ0) is 13.8. The van der Waals surface area contributed by atoms with E-state index in [0.717, 1.165) is 12.0 Å². The fourth-order valence-electron chi connectivity index (χ4n) is 1.93. The minimum Gasteiger partial charge on any atom is -0.378 e. The first-order valence-electron chi connectivity index (χ1n) is 6.07. The van der Waals surface area contributed by atoms with E-state index in [4.69, 9.17) is 11.6 Å². The van der Waals surface area contributed by atoms with E-state index in [1.54, 1.807) is 12.1 Å². The molecular weight excluding hydrogens is 268 g/mol. The predicted octanol–water partition coefficient (Wildman–Crippen LogP) is 5.18. The van der Waals surface area contributed by atoms with Crippen LogP contribution in [0.4, 0.5) is 14.5 Å². The third-order valence-electron chi connectivity index (χ3n) is 2.92. The maximum Gasteiger partial charge on any atom is 0.143 e. The van der Waals surface area contributed by atoms with Crippen LogP contribution in [0.2, 0.25) is 5.02 Å². The molecule has 0 saturated carbocycles. The zero-order valence-corrected chi connectivity index (χ0v) is 11.2. The number of rotatable bonds is 4. The largest absolute Gasteiger partial charge is 0.378 e. The Labute approximate surface area is 116 Å². The molecule has 0 aromatic heterocycles. The molecule has 4 heteroatoms. The third-order valence-corrected chi connectivity index (χ3v) is 3.23. The highest BCUT2D eigenvalue weighted by molar-refractivity contribution is 6.30. The Morgan fingerprint density at radius 3 is 2.58 bits per heavy atom. The lowest BCUT2D eigenvalue weighted by molar-refractivity contribution is 0.619. The van der Waals surface area contributed by atoms with Gasteiger partial charge in [-0.3, -0.25) is 0 Å². The van der Waals surface area contributed by atoms with Crippen molar-refractivity contribution in [2.24, 2.45) is 0 Å². The van der Waals surface area contributed by atoms with Gasteiger partial charge in [0.25, 0.3) is 0 Å². The molecule has 0 bridgehead atoms. The van der Waals surface area contributed by atoms with Gasteiger partial charge in [-0.25, -0.2) is 8.78 Å². The Kier molecular flexibility index (Phi) is 4.38. The molecule has 2 aromatic rings. The van der Waals surface area contributed by atoms with Gasteiger partial charge in [0.15, 0.2) is 0 Å². The van der Waals surface area contributed by atoms with Crippen LogP contribution in [-0.2, 0) is 0 Å². The molecule has 0 amide bonds. The Morgan fingerprint density at radius 2 is 1.95 bits per heavy atom. The number of hydrogen-bond acceptors (Lipinski definition) is 1. The lowest BCUT2D eigenvalue weighted by atomic mass is 10.0. The monoisotopic (exact) mass is 281 g/mol. The Balaban J connectivity index is 2.21. The molecule has 0 aliphatic rings. The van der Waals surface area contributed by atoms with Crippen LogP contribution >= 0.6 is 11.6 Å². The molecule has 0 aliphatic heterocycles. The van der Waals surface area contributed by atoms with Crippen LogP contribution in [0.15, 0.2) is 42.5 Å². The highest BCUT2D eigenvalue weighted by atomic mass is 35.5. The average Bonchev–Trinajstić information content (AvgIpc) is 2.40. The van der Waals surface area contributed by atoms with Crippen molar-refractivity contribution < 1.29 is 8.78 Å². The molecule has 1 unspecified atom stereocenters. The van der Waals surface area contributed by atoms with E-state index in [2.05, 4.69) is 5.32 Å². The minimum absolute atomic E-state index is 0.0729. The topological polar surface area (TPSA) is 12.0 Å². The van der Waals surface area contributed by atoms with Gasteiger partial charge in [0.2, 0.25) is 0 Å². The summed E-state index contributed by atoms with van der Waals surface area (Å²) in [5, 5.41) is 3.26. The molecule has 1 nitrogen and oxygen atoms in total. The van der Waals surface area contributed by atoms with Crippen molar-refractivity contribution in [1.29, 1.82) is 0 Å². The molecule has 0 aliphatic carbocycles. The van der Waals surface area contributed by atoms with Crippen LogP contribution in [0.5, 0.6) is 0 Å². The van der Waals surface area contributed by atoms with Crippen LogP contribution in [0.25, 0.3) is 0 Å². The molecule has 100 valence electrons. The van der Waals surface area contributed by atoms with Gasteiger partial charge in [-0.15, -0.1) is 0 Å². The number of benzene rings is 2. The lowest BCUT2D eigenvalue weighted by Gasteiger charge is -2.19. The van der Waals surface area contributed by atoms with Gasteiger partial charge in [-0.2, -0.15) is 0 Å². The van der Waals surface area contributed by atoms with Crippen LogP contribution in [0.3, 0.4) is 0 Å². The summed E-state index contributed by atoms with van der Waals surface area (Å²) >= 11 is 5.64. The van der Waals surface area contributed by atoms with Crippen molar-refractivity contribution in [3.8, 4) is 0 Å². The summed E-state index contributed by atoms with van der Waals surface area (Å²) in [5.74, 6) is -0.749. The number of halogens is 3. The molecule has 2 aromatic carbocycles. The van der Waals surface area contributed by atoms with Crippen LogP contribution in [0, 0.1) is 11.6 Å². The summed E-state index contributed by atoms with van der Waals surface area (Å²) in [5.41, 5.74) is 1.45. The van der Waals surface area contributed by atoms with E-state index < -0.39 is 5.82 Å². The van der Waals surface area contributed by atoms with Gasteiger partial charge < -0.3 is 5.32 Å². The van der Waals surface area contributed by atoms with Gasteiger partial charge in [0.1, 0.15) is 11.6 Å². The molecule has 1 atom stereocenters. The van der Waals surface area contributed by atoms with E-state index in [9.17, 15) is 8.78 Å². The molecule has 0 spiro atoms. The average molecular weight is 282 g/mol. The van der Waals surface area contributed by atoms with E-state index in [1.807, 2.05) is 13.0 Å². The number of nitrogens with one attached hydrogen (secondary N) is 1. The highest BCUT2D eigenvalue weighted by Crippen LogP contribution is 2.25. The normalized spacial score (nSPS) is 12.2. The van der Waals surface area contributed by atoms with Gasteiger partial charge in [0, 0.05) is 5.69 Å². The summed E-state index contributed by atoms with van der Waals surface area (Å²) in [6.07, 6.45) is 0.758. The summed E-state index contributed by atoms with van der Waals surface area (Å²) in [4.78, 5) is 0. The molecule has 1 N–H and O–H groups in total. The van der Waals surface area contributed by atoms with Crippen LogP contribution in [-0.4, -0.2) is 0 Å². The van der Waals surface area contributed by atoms with E-state index in [-0.39, 0.29) is 16.9 Å². The maximum atomic E-state index is 13.4. The summed E-state index contributed by atoms with van der Waals surface area (Å²) in [6.45, 7) is 1.98. The fourth-order valence-corrected chi connectivity index (χ4v) is 2.05. The van der Waals surface area contributed by atoms with Gasteiger partial charge in [0.05, 0.1) is 11.1 Å². The van der Waals surface area contributed by atoms with Crippen molar-refractivity contribution in [3.05, 3.63) is 64.7 Å². The Hall–Kier alpha value is -1.61. The summed E-state index contributed by atoms with van der Waals surface area (Å²) < 4.78 is 26.6. The Morgan fingerprint density at radius 1 is 1.16 bits per heavy atom. The van der Waals surface area contributed by atoms with Gasteiger partial charge in [-0.05, 0) is 42.3 Å². The van der Waals surface area contributed by atoms with Gasteiger partial charge >= 0.3 is 0 Å². The highest BCUT2D eigenvalue weighted by Gasteiger charge is 2.11. The van der Waals surface area contributed by atoms with E-state index in [1.165, 1.54) is 24.3 Å². The molecule has 0 radical (unpaired) electrons. The first kappa shape index (κ1) is 13.8. The molecule has 2 rings (SSSR count). The van der Waals surface area contributed by atoms with Crippen molar-refractivity contribution in [1.82, 2.24) is 0 Å². The molecule has 0 fully saturated rings. The Bertz CT molecular complexity index is 572. The van der Waals surface area contributed by atoms with Crippen molar-refractivity contribution in [3.63, 3.8) is 0 Å². The maximum absolute atomic E-state index is 13.4. The molecular formula is C15H14ClF2N. The summed E-state index contributed by atoms with van der Waals surface area (Å²) in [7, 11) is 0. The fraction of sp³-hybridized carbons (Fsp3) is 0.200.